The van der Waals surface area contributed by atoms with E-state index in [1.54, 1.807) is 36.2 Å². The fraction of sp³-hybridized carbons (Fsp3) is 0.350. The van der Waals surface area contributed by atoms with Crippen molar-refractivity contribution in [3.63, 3.8) is 0 Å². The molecule has 1 amide bonds. The monoisotopic (exact) mass is 354 g/mol. The average Bonchev–Trinajstić information content (AvgIpc) is 2.68. The Hall–Kier alpha value is -2.73. The molecule has 0 aliphatic carbocycles. The number of benzene rings is 1. The van der Waals surface area contributed by atoms with Crippen LogP contribution in [-0.4, -0.2) is 53.2 Å². The summed E-state index contributed by atoms with van der Waals surface area (Å²) in [6.07, 6.45) is 4.63. The summed E-state index contributed by atoms with van der Waals surface area (Å²) in [5.41, 5.74) is 2.11. The molecule has 2 heterocycles. The van der Waals surface area contributed by atoms with Crippen LogP contribution in [0.2, 0.25) is 0 Å². The molecule has 1 saturated heterocycles. The molecule has 1 aromatic carbocycles. The fourth-order valence-electron chi connectivity index (χ4n) is 3.06. The number of carbonyl (C=O) groups excluding carboxylic acids is 1. The standard InChI is InChI=1S/C20H22N2O4/c1-22(13-17-7-2-3-10-26-17)19(23)15-6-4-5-14(11-15)18-9-8-16(12-21-18)20(24)25/h4-6,8-9,11-12,17H,2-3,7,10,13H2,1H3,(H,24,25)/t17-/m1/s1. The molecule has 2 aromatic rings. The highest BCUT2D eigenvalue weighted by Gasteiger charge is 2.20. The second kappa shape index (κ2) is 8.10. The lowest BCUT2D eigenvalue weighted by atomic mass is 10.1. The van der Waals surface area contributed by atoms with Crippen LogP contribution in [0.25, 0.3) is 11.3 Å². The van der Waals surface area contributed by atoms with Gasteiger partial charge in [0.05, 0.1) is 17.4 Å². The first-order valence-corrected chi connectivity index (χ1v) is 8.71. The Balaban J connectivity index is 1.73. The molecule has 0 bridgehead atoms. The van der Waals surface area contributed by atoms with Gasteiger partial charge in [-0.1, -0.05) is 12.1 Å². The number of hydrogen-bond donors (Lipinski definition) is 1. The predicted octanol–water partition coefficient (Wildman–Crippen LogP) is 3.09. The van der Waals surface area contributed by atoms with Crippen LogP contribution in [-0.2, 0) is 4.74 Å². The molecule has 6 heteroatoms. The largest absolute Gasteiger partial charge is 0.478 e. The maximum atomic E-state index is 12.7. The maximum Gasteiger partial charge on any atom is 0.337 e. The van der Waals surface area contributed by atoms with Crippen molar-refractivity contribution in [1.29, 1.82) is 0 Å². The van der Waals surface area contributed by atoms with E-state index in [0.717, 1.165) is 31.4 Å². The highest BCUT2D eigenvalue weighted by atomic mass is 16.5. The lowest BCUT2D eigenvalue weighted by molar-refractivity contribution is -0.000186. The minimum absolute atomic E-state index is 0.0665. The van der Waals surface area contributed by atoms with Gasteiger partial charge in [0.2, 0.25) is 0 Å². The molecule has 1 aliphatic heterocycles. The van der Waals surface area contributed by atoms with E-state index in [2.05, 4.69) is 4.98 Å². The summed E-state index contributed by atoms with van der Waals surface area (Å²) in [6, 6.07) is 10.4. The number of carboxylic acids is 1. The SMILES string of the molecule is CN(C[C@H]1CCCCO1)C(=O)c1cccc(-c2ccc(C(=O)O)cn2)c1. The van der Waals surface area contributed by atoms with Crippen LogP contribution >= 0.6 is 0 Å². The highest BCUT2D eigenvalue weighted by molar-refractivity contribution is 5.95. The van der Waals surface area contributed by atoms with E-state index in [4.69, 9.17) is 9.84 Å². The van der Waals surface area contributed by atoms with Crippen LogP contribution in [0, 0.1) is 0 Å². The summed E-state index contributed by atoms with van der Waals surface area (Å²) in [5.74, 6) is -1.08. The predicted molar refractivity (Wildman–Crippen MR) is 97.2 cm³/mol. The molecule has 1 aromatic heterocycles. The van der Waals surface area contributed by atoms with E-state index in [1.165, 1.54) is 12.3 Å². The third-order valence-corrected chi connectivity index (χ3v) is 4.51. The van der Waals surface area contributed by atoms with Crippen molar-refractivity contribution in [2.45, 2.75) is 25.4 Å². The van der Waals surface area contributed by atoms with Crippen LogP contribution in [0.3, 0.4) is 0 Å². The van der Waals surface area contributed by atoms with Crippen molar-refractivity contribution in [1.82, 2.24) is 9.88 Å². The van der Waals surface area contributed by atoms with Crippen molar-refractivity contribution in [3.8, 4) is 11.3 Å². The summed E-state index contributed by atoms with van der Waals surface area (Å²) >= 11 is 0. The van der Waals surface area contributed by atoms with E-state index < -0.39 is 5.97 Å². The Bertz CT molecular complexity index is 783. The molecule has 1 aliphatic rings. The molecule has 136 valence electrons. The van der Waals surface area contributed by atoms with Crippen LogP contribution in [0.15, 0.2) is 42.6 Å². The number of pyridine rings is 1. The molecule has 0 spiro atoms. The number of carboxylic acid groups (broad SMARTS) is 1. The van der Waals surface area contributed by atoms with Crippen molar-refractivity contribution < 1.29 is 19.4 Å². The fourth-order valence-corrected chi connectivity index (χ4v) is 3.06. The normalized spacial score (nSPS) is 16.9. The van der Waals surface area contributed by atoms with Crippen molar-refractivity contribution in [3.05, 3.63) is 53.7 Å². The summed E-state index contributed by atoms with van der Waals surface area (Å²) in [5, 5.41) is 8.96. The van der Waals surface area contributed by atoms with E-state index in [9.17, 15) is 9.59 Å². The third-order valence-electron chi connectivity index (χ3n) is 4.51. The number of aromatic nitrogens is 1. The second-order valence-corrected chi connectivity index (χ2v) is 6.49. The Morgan fingerprint density at radius 2 is 2.08 bits per heavy atom. The van der Waals surface area contributed by atoms with E-state index in [-0.39, 0.29) is 17.6 Å². The Kier molecular flexibility index (Phi) is 5.63. The van der Waals surface area contributed by atoms with Crippen LogP contribution in [0.4, 0.5) is 0 Å². The molecule has 6 nitrogen and oxygen atoms in total. The second-order valence-electron chi connectivity index (χ2n) is 6.49. The molecule has 0 radical (unpaired) electrons. The quantitative estimate of drug-likeness (QED) is 0.892. The average molecular weight is 354 g/mol. The first-order chi connectivity index (χ1) is 12.5. The van der Waals surface area contributed by atoms with Crippen LogP contribution in [0.1, 0.15) is 40.0 Å². The van der Waals surface area contributed by atoms with Gasteiger partial charge in [0.25, 0.3) is 5.91 Å². The van der Waals surface area contributed by atoms with Gasteiger partial charge in [-0.25, -0.2) is 4.79 Å². The first kappa shape index (κ1) is 18.1. The maximum absolute atomic E-state index is 12.7. The van der Waals surface area contributed by atoms with Gasteiger partial charge in [-0.3, -0.25) is 9.78 Å². The minimum Gasteiger partial charge on any atom is -0.478 e. The summed E-state index contributed by atoms with van der Waals surface area (Å²) in [4.78, 5) is 29.5. The molecular formula is C20H22N2O4. The van der Waals surface area contributed by atoms with Crippen molar-refractivity contribution in [2.75, 3.05) is 20.2 Å². The molecule has 1 atom stereocenters. The van der Waals surface area contributed by atoms with Gasteiger partial charge in [-0.2, -0.15) is 0 Å². The number of likely N-dealkylation sites (N-methyl/N-ethyl adjacent to an activating group) is 1. The van der Waals surface area contributed by atoms with E-state index in [0.29, 0.717) is 17.8 Å². The van der Waals surface area contributed by atoms with Crippen molar-refractivity contribution in [2.24, 2.45) is 0 Å². The molecule has 0 unspecified atom stereocenters. The summed E-state index contributed by atoms with van der Waals surface area (Å²) < 4.78 is 5.71. The topological polar surface area (TPSA) is 79.7 Å². The number of aromatic carboxylic acids is 1. The number of amides is 1. The number of rotatable bonds is 5. The Labute approximate surface area is 152 Å². The molecular weight excluding hydrogens is 332 g/mol. The number of nitrogens with zero attached hydrogens (tertiary/aromatic N) is 2. The third kappa shape index (κ3) is 4.26. The smallest absolute Gasteiger partial charge is 0.337 e. The zero-order chi connectivity index (χ0) is 18.5. The van der Waals surface area contributed by atoms with Gasteiger partial charge < -0.3 is 14.7 Å². The molecule has 1 fully saturated rings. The Morgan fingerprint density at radius 1 is 1.23 bits per heavy atom. The van der Waals surface area contributed by atoms with Gasteiger partial charge in [0, 0.05) is 37.5 Å². The highest BCUT2D eigenvalue weighted by Crippen LogP contribution is 2.20. The lowest BCUT2D eigenvalue weighted by Gasteiger charge is -2.27. The first-order valence-electron chi connectivity index (χ1n) is 8.71. The molecule has 26 heavy (non-hydrogen) atoms. The van der Waals surface area contributed by atoms with Crippen LogP contribution in [0.5, 0.6) is 0 Å². The van der Waals surface area contributed by atoms with Crippen molar-refractivity contribution >= 4 is 11.9 Å². The number of carbonyl (C=O) groups is 2. The van der Waals surface area contributed by atoms with Gasteiger partial charge in [-0.05, 0) is 43.5 Å². The van der Waals surface area contributed by atoms with Gasteiger partial charge >= 0.3 is 5.97 Å². The van der Waals surface area contributed by atoms with E-state index >= 15 is 0 Å². The summed E-state index contributed by atoms with van der Waals surface area (Å²) in [7, 11) is 1.78. The number of hydrogen-bond acceptors (Lipinski definition) is 4. The minimum atomic E-state index is -1.01. The van der Waals surface area contributed by atoms with Gasteiger partial charge in [0.15, 0.2) is 0 Å². The Morgan fingerprint density at radius 3 is 2.73 bits per heavy atom. The van der Waals surface area contributed by atoms with E-state index in [1.807, 2.05) is 6.07 Å². The zero-order valence-corrected chi connectivity index (χ0v) is 14.7. The van der Waals surface area contributed by atoms with Gasteiger partial charge in [0.1, 0.15) is 0 Å². The number of ether oxygens (including phenoxy) is 1. The summed E-state index contributed by atoms with van der Waals surface area (Å²) in [6.45, 7) is 1.34. The van der Waals surface area contributed by atoms with Gasteiger partial charge in [-0.15, -0.1) is 0 Å². The molecule has 1 N–H and O–H groups in total. The molecule has 3 rings (SSSR count). The lowest BCUT2D eigenvalue weighted by Crippen LogP contribution is -2.37. The van der Waals surface area contributed by atoms with Crippen LogP contribution < -0.4 is 0 Å². The zero-order valence-electron chi connectivity index (χ0n) is 14.7. The molecule has 0 saturated carbocycles.